The van der Waals surface area contributed by atoms with Gasteiger partial charge >= 0.3 is 0 Å². The second-order valence-corrected chi connectivity index (χ2v) is 4.71. The molecule has 3 heteroatoms. The van der Waals surface area contributed by atoms with E-state index in [0.717, 1.165) is 31.7 Å². The van der Waals surface area contributed by atoms with Gasteiger partial charge in [0, 0.05) is 19.0 Å². The zero-order valence-electron chi connectivity index (χ0n) is 11.5. The summed E-state index contributed by atoms with van der Waals surface area (Å²) in [6.07, 6.45) is 2.10. The SMILES string of the molecule is CC#CC(=O)N1CCCC(c2ccccc2OC)C1. The fraction of sp³-hybridized carbons (Fsp3) is 0.438. The number of hydrogen-bond donors (Lipinski definition) is 0. The number of para-hydroxylation sites is 1. The Kier molecular flexibility index (Phi) is 4.46. The van der Waals surface area contributed by atoms with Crippen molar-refractivity contribution in [3.63, 3.8) is 0 Å². The Balaban J connectivity index is 2.16. The van der Waals surface area contributed by atoms with E-state index in [1.165, 1.54) is 5.56 Å². The molecule has 1 aromatic carbocycles. The second-order valence-electron chi connectivity index (χ2n) is 4.71. The normalized spacial score (nSPS) is 18.4. The first-order chi connectivity index (χ1) is 9.26. The average Bonchev–Trinajstić information content (AvgIpc) is 2.47. The fourth-order valence-corrected chi connectivity index (χ4v) is 2.61. The highest BCUT2D eigenvalue weighted by Crippen LogP contribution is 2.32. The van der Waals surface area contributed by atoms with E-state index >= 15 is 0 Å². The molecule has 0 bridgehead atoms. The number of carbonyl (C=O) groups is 1. The highest BCUT2D eigenvalue weighted by atomic mass is 16.5. The molecule has 1 fully saturated rings. The van der Waals surface area contributed by atoms with Crippen LogP contribution in [0.1, 0.15) is 31.2 Å². The van der Waals surface area contributed by atoms with Gasteiger partial charge in [0.15, 0.2) is 0 Å². The number of carbonyl (C=O) groups excluding carboxylic acids is 1. The van der Waals surface area contributed by atoms with Crippen molar-refractivity contribution in [1.29, 1.82) is 0 Å². The summed E-state index contributed by atoms with van der Waals surface area (Å²) >= 11 is 0. The predicted octanol–water partition coefficient (Wildman–Crippen LogP) is 2.42. The molecule has 2 rings (SSSR count). The number of piperidine rings is 1. The van der Waals surface area contributed by atoms with E-state index in [-0.39, 0.29) is 5.91 Å². The van der Waals surface area contributed by atoms with Gasteiger partial charge < -0.3 is 9.64 Å². The minimum atomic E-state index is -0.0675. The number of ether oxygens (including phenoxy) is 1. The van der Waals surface area contributed by atoms with Crippen LogP contribution in [-0.2, 0) is 4.79 Å². The number of rotatable bonds is 2. The minimum absolute atomic E-state index is 0.0675. The smallest absolute Gasteiger partial charge is 0.298 e. The molecule has 100 valence electrons. The summed E-state index contributed by atoms with van der Waals surface area (Å²) in [5.74, 6) is 6.48. The van der Waals surface area contributed by atoms with Crippen LogP contribution in [0.25, 0.3) is 0 Å². The van der Waals surface area contributed by atoms with Crippen LogP contribution in [-0.4, -0.2) is 31.0 Å². The van der Waals surface area contributed by atoms with Gasteiger partial charge in [-0.25, -0.2) is 0 Å². The highest BCUT2D eigenvalue weighted by molar-refractivity contribution is 5.93. The van der Waals surface area contributed by atoms with E-state index in [0.29, 0.717) is 5.92 Å². The maximum absolute atomic E-state index is 11.9. The summed E-state index contributed by atoms with van der Waals surface area (Å²) < 4.78 is 5.41. The summed E-state index contributed by atoms with van der Waals surface area (Å²) in [4.78, 5) is 13.7. The number of hydrogen-bond acceptors (Lipinski definition) is 2. The van der Waals surface area contributed by atoms with Gasteiger partial charge in [0.1, 0.15) is 5.75 Å². The standard InChI is InChI=1S/C16H19NO2/c1-3-7-16(18)17-11-6-8-13(12-17)14-9-4-5-10-15(14)19-2/h4-5,9-10,13H,6,8,11-12H2,1-2H3. The first-order valence-electron chi connectivity index (χ1n) is 6.61. The molecular weight excluding hydrogens is 238 g/mol. The van der Waals surface area contributed by atoms with Crippen molar-refractivity contribution in [1.82, 2.24) is 4.90 Å². The van der Waals surface area contributed by atoms with Crippen molar-refractivity contribution in [3.8, 4) is 17.6 Å². The lowest BCUT2D eigenvalue weighted by Crippen LogP contribution is -2.38. The molecule has 1 amide bonds. The van der Waals surface area contributed by atoms with Gasteiger partial charge in [0.05, 0.1) is 7.11 Å². The molecule has 1 unspecified atom stereocenters. The lowest BCUT2D eigenvalue weighted by molar-refractivity contribution is -0.126. The molecule has 0 N–H and O–H groups in total. The number of benzene rings is 1. The monoisotopic (exact) mass is 257 g/mol. The van der Waals surface area contributed by atoms with Gasteiger partial charge in [-0.2, -0.15) is 0 Å². The van der Waals surface area contributed by atoms with Crippen molar-refractivity contribution in [2.45, 2.75) is 25.7 Å². The van der Waals surface area contributed by atoms with Crippen molar-refractivity contribution in [2.24, 2.45) is 0 Å². The van der Waals surface area contributed by atoms with Gasteiger partial charge in [-0.05, 0) is 37.3 Å². The highest BCUT2D eigenvalue weighted by Gasteiger charge is 2.25. The van der Waals surface area contributed by atoms with Gasteiger partial charge in [0.2, 0.25) is 0 Å². The zero-order valence-corrected chi connectivity index (χ0v) is 11.5. The van der Waals surface area contributed by atoms with Crippen LogP contribution >= 0.6 is 0 Å². The number of likely N-dealkylation sites (tertiary alicyclic amines) is 1. The zero-order chi connectivity index (χ0) is 13.7. The Morgan fingerprint density at radius 3 is 2.95 bits per heavy atom. The third kappa shape index (κ3) is 3.08. The van der Waals surface area contributed by atoms with Gasteiger partial charge in [-0.1, -0.05) is 24.1 Å². The van der Waals surface area contributed by atoms with E-state index in [1.54, 1.807) is 14.0 Å². The molecule has 0 saturated carbocycles. The Hall–Kier alpha value is -1.95. The van der Waals surface area contributed by atoms with Crippen molar-refractivity contribution >= 4 is 5.91 Å². The third-order valence-electron chi connectivity index (χ3n) is 3.52. The summed E-state index contributed by atoms with van der Waals surface area (Å²) in [5, 5.41) is 0. The summed E-state index contributed by atoms with van der Waals surface area (Å²) in [5.41, 5.74) is 1.19. The summed E-state index contributed by atoms with van der Waals surface area (Å²) in [6, 6.07) is 8.05. The van der Waals surface area contributed by atoms with Gasteiger partial charge in [-0.3, -0.25) is 4.79 Å². The predicted molar refractivity (Wildman–Crippen MR) is 75.0 cm³/mol. The average molecular weight is 257 g/mol. The van der Waals surface area contributed by atoms with Gasteiger partial charge in [0.25, 0.3) is 5.91 Å². The van der Waals surface area contributed by atoms with Crippen LogP contribution in [0.15, 0.2) is 24.3 Å². The summed E-state index contributed by atoms with van der Waals surface area (Å²) in [6.45, 7) is 3.23. The molecule has 1 aliphatic heterocycles. The Morgan fingerprint density at radius 1 is 1.42 bits per heavy atom. The first-order valence-corrected chi connectivity index (χ1v) is 6.61. The van der Waals surface area contributed by atoms with Crippen LogP contribution in [0.4, 0.5) is 0 Å². The lowest BCUT2D eigenvalue weighted by atomic mass is 9.90. The molecule has 1 atom stereocenters. The molecule has 0 aromatic heterocycles. The maximum atomic E-state index is 11.9. The quantitative estimate of drug-likeness (QED) is 0.762. The largest absolute Gasteiger partial charge is 0.496 e. The molecule has 1 aliphatic rings. The molecule has 1 heterocycles. The van der Waals surface area contributed by atoms with Crippen LogP contribution in [0.5, 0.6) is 5.75 Å². The van der Waals surface area contributed by atoms with E-state index in [9.17, 15) is 4.79 Å². The topological polar surface area (TPSA) is 29.5 Å². The second kappa shape index (κ2) is 6.29. The maximum Gasteiger partial charge on any atom is 0.298 e. The lowest BCUT2D eigenvalue weighted by Gasteiger charge is -2.32. The first kappa shape index (κ1) is 13.5. The number of methoxy groups -OCH3 is 1. The molecule has 0 spiro atoms. The van der Waals surface area contributed by atoms with Crippen LogP contribution in [0.2, 0.25) is 0 Å². The Labute approximate surface area is 114 Å². The Bertz CT molecular complexity index is 513. The van der Waals surface area contributed by atoms with Crippen molar-refractivity contribution < 1.29 is 9.53 Å². The minimum Gasteiger partial charge on any atom is -0.496 e. The molecule has 3 nitrogen and oxygen atoms in total. The van der Waals surface area contributed by atoms with E-state index < -0.39 is 0 Å². The third-order valence-corrected chi connectivity index (χ3v) is 3.52. The molecule has 0 aliphatic carbocycles. The summed E-state index contributed by atoms with van der Waals surface area (Å²) in [7, 11) is 1.69. The number of nitrogens with zero attached hydrogens (tertiary/aromatic N) is 1. The van der Waals surface area contributed by atoms with E-state index in [1.807, 2.05) is 23.1 Å². The molecule has 1 aromatic rings. The van der Waals surface area contributed by atoms with E-state index in [4.69, 9.17) is 4.74 Å². The van der Waals surface area contributed by atoms with E-state index in [2.05, 4.69) is 17.9 Å². The van der Waals surface area contributed by atoms with Crippen molar-refractivity contribution in [2.75, 3.05) is 20.2 Å². The van der Waals surface area contributed by atoms with Crippen LogP contribution in [0.3, 0.4) is 0 Å². The molecule has 19 heavy (non-hydrogen) atoms. The van der Waals surface area contributed by atoms with Crippen molar-refractivity contribution in [3.05, 3.63) is 29.8 Å². The van der Waals surface area contributed by atoms with Crippen LogP contribution < -0.4 is 4.74 Å². The molecule has 0 radical (unpaired) electrons. The number of amides is 1. The Morgan fingerprint density at radius 2 is 2.21 bits per heavy atom. The van der Waals surface area contributed by atoms with Crippen LogP contribution in [0, 0.1) is 11.8 Å². The molecular formula is C16H19NO2. The fourth-order valence-electron chi connectivity index (χ4n) is 2.61. The van der Waals surface area contributed by atoms with Gasteiger partial charge in [-0.15, -0.1) is 0 Å². The molecule has 1 saturated heterocycles.